The predicted octanol–water partition coefficient (Wildman–Crippen LogP) is 3.52. The molecule has 4 rings (SSSR count). The number of anilines is 3. The number of aryl methyl sites for hydroxylation is 2. The third-order valence-electron chi connectivity index (χ3n) is 5.09. The summed E-state index contributed by atoms with van der Waals surface area (Å²) in [5.41, 5.74) is 9.43. The Morgan fingerprint density at radius 2 is 2.06 bits per heavy atom. The Morgan fingerprint density at radius 3 is 2.84 bits per heavy atom. The number of hydrogen-bond acceptors (Lipinski definition) is 8. The zero-order valence-corrected chi connectivity index (χ0v) is 19.3. The molecule has 0 spiro atoms. The summed E-state index contributed by atoms with van der Waals surface area (Å²) in [4.78, 5) is 26.2. The molecule has 2 heterocycles. The van der Waals surface area contributed by atoms with Crippen molar-refractivity contribution in [1.29, 1.82) is 0 Å². The van der Waals surface area contributed by atoms with Gasteiger partial charge in [0.15, 0.2) is 10.4 Å². The van der Waals surface area contributed by atoms with Crippen molar-refractivity contribution >= 4 is 51.4 Å². The fraction of sp³-hybridized carbons (Fsp3) is 0.273. The van der Waals surface area contributed by atoms with Crippen molar-refractivity contribution in [2.75, 3.05) is 22.5 Å². The van der Waals surface area contributed by atoms with Crippen LogP contribution in [0.2, 0.25) is 0 Å². The number of fused-ring (bicyclic) bond motifs is 1. The van der Waals surface area contributed by atoms with Crippen LogP contribution in [0, 0.1) is 6.92 Å². The lowest BCUT2D eigenvalue weighted by atomic mass is 10.1. The molecule has 1 aromatic heterocycles. The maximum absolute atomic E-state index is 13.0. The van der Waals surface area contributed by atoms with Crippen LogP contribution in [0.5, 0.6) is 5.75 Å². The highest BCUT2D eigenvalue weighted by atomic mass is 32.2. The second kappa shape index (κ2) is 9.58. The molecule has 3 aromatic rings. The highest BCUT2D eigenvalue weighted by Gasteiger charge is 2.32. The Morgan fingerprint density at radius 1 is 1.25 bits per heavy atom. The number of ether oxygens (including phenoxy) is 1. The highest BCUT2D eigenvalue weighted by Crippen LogP contribution is 2.35. The van der Waals surface area contributed by atoms with E-state index in [9.17, 15) is 9.59 Å². The first-order valence-electron chi connectivity index (χ1n) is 10.1. The van der Waals surface area contributed by atoms with Crippen molar-refractivity contribution in [2.24, 2.45) is 5.73 Å². The maximum Gasteiger partial charge on any atom is 0.260 e. The molecule has 10 heteroatoms. The standard InChI is InChI=1S/C22H23N5O3S2/c1-3-14-8-6-7-13(2)19(14)24-21-25-26-22(32-21)31-12-18(28)27-11-17(20(23)29)30-16-10-5-4-9-15(16)27/h4-10,17H,3,11-12H2,1-2H3,(H2,23,29)(H,24,25). The van der Waals surface area contributed by atoms with Gasteiger partial charge in [-0.05, 0) is 36.6 Å². The second-order valence-electron chi connectivity index (χ2n) is 7.23. The van der Waals surface area contributed by atoms with Crippen LogP contribution in [-0.4, -0.2) is 40.4 Å². The van der Waals surface area contributed by atoms with Gasteiger partial charge in [0.1, 0.15) is 5.75 Å². The fourth-order valence-corrected chi connectivity index (χ4v) is 5.08. The van der Waals surface area contributed by atoms with Crippen LogP contribution in [0.4, 0.5) is 16.5 Å². The molecule has 166 valence electrons. The van der Waals surface area contributed by atoms with Gasteiger partial charge in [-0.3, -0.25) is 9.59 Å². The lowest BCUT2D eigenvalue weighted by Crippen LogP contribution is -2.49. The number of hydrogen-bond donors (Lipinski definition) is 2. The number of thioether (sulfide) groups is 1. The van der Waals surface area contributed by atoms with Gasteiger partial charge >= 0.3 is 0 Å². The van der Waals surface area contributed by atoms with Gasteiger partial charge in [0.25, 0.3) is 5.91 Å². The van der Waals surface area contributed by atoms with E-state index in [1.54, 1.807) is 23.1 Å². The molecule has 0 fully saturated rings. The van der Waals surface area contributed by atoms with Crippen molar-refractivity contribution < 1.29 is 14.3 Å². The van der Waals surface area contributed by atoms with E-state index >= 15 is 0 Å². The first kappa shape index (κ1) is 22.1. The number of aromatic nitrogens is 2. The Balaban J connectivity index is 1.43. The molecule has 2 amide bonds. The highest BCUT2D eigenvalue weighted by molar-refractivity contribution is 8.01. The average Bonchev–Trinajstić information content (AvgIpc) is 3.25. The van der Waals surface area contributed by atoms with Gasteiger partial charge < -0.3 is 20.7 Å². The molecule has 8 nitrogen and oxygen atoms in total. The van der Waals surface area contributed by atoms with Crippen LogP contribution in [0.3, 0.4) is 0 Å². The molecule has 3 N–H and O–H groups in total. The van der Waals surface area contributed by atoms with Crippen LogP contribution < -0.4 is 20.7 Å². The van der Waals surface area contributed by atoms with Crippen molar-refractivity contribution in [2.45, 2.75) is 30.7 Å². The van der Waals surface area contributed by atoms with E-state index in [1.807, 2.05) is 12.1 Å². The minimum atomic E-state index is -0.877. The topological polar surface area (TPSA) is 110 Å². The lowest BCUT2D eigenvalue weighted by molar-refractivity contribution is -0.125. The summed E-state index contributed by atoms with van der Waals surface area (Å²) < 4.78 is 6.30. The summed E-state index contributed by atoms with van der Waals surface area (Å²) in [6.07, 6.45) is 0.0322. The SMILES string of the molecule is CCc1cccc(C)c1Nc1nnc(SCC(=O)N2CC(C(N)=O)Oc3ccccc32)s1. The van der Waals surface area contributed by atoms with E-state index in [1.165, 1.54) is 28.7 Å². The summed E-state index contributed by atoms with van der Waals surface area (Å²) >= 11 is 2.70. The number of nitrogens with two attached hydrogens (primary N) is 1. The Labute approximate surface area is 194 Å². The van der Waals surface area contributed by atoms with Gasteiger partial charge in [0.2, 0.25) is 11.0 Å². The molecule has 1 atom stereocenters. The molecule has 1 unspecified atom stereocenters. The summed E-state index contributed by atoms with van der Waals surface area (Å²) in [5, 5.41) is 12.5. The number of carbonyl (C=O) groups is 2. The monoisotopic (exact) mass is 469 g/mol. The molecule has 0 aliphatic carbocycles. The van der Waals surface area contributed by atoms with Crippen molar-refractivity contribution in [3.05, 3.63) is 53.6 Å². The first-order chi connectivity index (χ1) is 15.5. The van der Waals surface area contributed by atoms with Crippen LogP contribution in [0.15, 0.2) is 46.8 Å². The van der Waals surface area contributed by atoms with Gasteiger partial charge in [0, 0.05) is 5.69 Å². The predicted molar refractivity (Wildman–Crippen MR) is 127 cm³/mol. The molecule has 1 aliphatic heterocycles. The number of nitrogens with one attached hydrogen (secondary N) is 1. The number of primary amides is 1. The van der Waals surface area contributed by atoms with Crippen molar-refractivity contribution in [1.82, 2.24) is 10.2 Å². The molecule has 0 bridgehead atoms. The summed E-state index contributed by atoms with van der Waals surface area (Å²) in [5.74, 6) is -0.145. The number of amides is 2. The Bertz CT molecular complexity index is 1150. The van der Waals surface area contributed by atoms with E-state index in [2.05, 4.69) is 41.5 Å². The summed E-state index contributed by atoms with van der Waals surface area (Å²) in [7, 11) is 0. The normalized spacial score (nSPS) is 15.1. The molecule has 0 saturated heterocycles. The molecule has 1 aliphatic rings. The van der Waals surface area contributed by atoms with E-state index < -0.39 is 12.0 Å². The fourth-order valence-electron chi connectivity index (χ4n) is 3.45. The zero-order chi connectivity index (χ0) is 22.7. The molecular formula is C22H23N5O3S2. The van der Waals surface area contributed by atoms with E-state index in [-0.39, 0.29) is 18.2 Å². The average molecular weight is 470 g/mol. The zero-order valence-electron chi connectivity index (χ0n) is 17.7. The smallest absolute Gasteiger partial charge is 0.260 e. The van der Waals surface area contributed by atoms with Crippen molar-refractivity contribution in [3.63, 3.8) is 0 Å². The molecule has 0 radical (unpaired) electrons. The van der Waals surface area contributed by atoms with Gasteiger partial charge in [-0.25, -0.2) is 0 Å². The maximum atomic E-state index is 13.0. The van der Waals surface area contributed by atoms with Crippen LogP contribution in [0.25, 0.3) is 0 Å². The van der Waals surface area contributed by atoms with Crippen molar-refractivity contribution in [3.8, 4) is 5.75 Å². The van der Waals surface area contributed by atoms with Crippen LogP contribution >= 0.6 is 23.1 Å². The van der Waals surface area contributed by atoms with E-state index in [0.29, 0.717) is 20.9 Å². The molecule has 2 aromatic carbocycles. The van der Waals surface area contributed by atoms with Gasteiger partial charge in [-0.15, -0.1) is 10.2 Å². The number of benzene rings is 2. The molecule has 0 saturated carbocycles. The van der Waals surface area contributed by atoms with Crippen LogP contribution in [0.1, 0.15) is 18.1 Å². The van der Waals surface area contributed by atoms with E-state index in [4.69, 9.17) is 10.5 Å². The molecular weight excluding hydrogens is 446 g/mol. The number of para-hydroxylation sites is 3. The Hall–Kier alpha value is -3.11. The van der Waals surface area contributed by atoms with Gasteiger partial charge in [0.05, 0.1) is 18.0 Å². The first-order valence-corrected chi connectivity index (χ1v) is 11.9. The number of rotatable bonds is 7. The Kier molecular flexibility index (Phi) is 6.61. The summed E-state index contributed by atoms with van der Waals surface area (Å²) in [6.45, 7) is 4.25. The van der Waals surface area contributed by atoms with E-state index in [0.717, 1.165) is 17.7 Å². The summed E-state index contributed by atoms with van der Waals surface area (Å²) in [6, 6.07) is 13.3. The minimum absolute atomic E-state index is 0.0851. The quantitative estimate of drug-likeness (QED) is 0.509. The van der Waals surface area contributed by atoms with Gasteiger partial charge in [-0.1, -0.05) is 60.4 Å². The van der Waals surface area contributed by atoms with Gasteiger partial charge in [-0.2, -0.15) is 0 Å². The lowest BCUT2D eigenvalue weighted by Gasteiger charge is -2.33. The molecule has 32 heavy (non-hydrogen) atoms. The third kappa shape index (κ3) is 4.71. The minimum Gasteiger partial charge on any atom is -0.477 e. The number of nitrogens with zero attached hydrogens (tertiary/aromatic N) is 3. The number of carbonyl (C=O) groups excluding carboxylic acids is 2. The third-order valence-corrected chi connectivity index (χ3v) is 7.05. The van der Waals surface area contributed by atoms with Crippen LogP contribution in [-0.2, 0) is 16.0 Å². The largest absolute Gasteiger partial charge is 0.477 e. The second-order valence-corrected chi connectivity index (χ2v) is 9.43.